The number of nitrogens with one attached hydrogen (secondary N) is 2. The van der Waals surface area contributed by atoms with Crippen LogP contribution in [0, 0.1) is 0 Å². The summed E-state index contributed by atoms with van der Waals surface area (Å²) in [7, 11) is 2.00. The highest BCUT2D eigenvalue weighted by Crippen LogP contribution is 2.16. The van der Waals surface area contributed by atoms with Gasteiger partial charge in [0, 0.05) is 38.8 Å². The first-order valence-corrected chi connectivity index (χ1v) is 7.92. The zero-order valence-electron chi connectivity index (χ0n) is 13.0. The Balaban J connectivity index is 1.53. The maximum absolute atomic E-state index is 12.2. The van der Waals surface area contributed by atoms with E-state index in [1.54, 1.807) is 0 Å². The molecule has 22 heavy (non-hydrogen) atoms. The van der Waals surface area contributed by atoms with Crippen molar-refractivity contribution in [1.82, 2.24) is 25.1 Å². The summed E-state index contributed by atoms with van der Waals surface area (Å²) in [5.41, 5.74) is 2.30. The summed E-state index contributed by atoms with van der Waals surface area (Å²) in [5.74, 6) is -0.141. The quantitative estimate of drug-likeness (QED) is 0.794. The molecule has 1 atom stereocenters. The summed E-state index contributed by atoms with van der Waals surface area (Å²) in [4.78, 5) is 30.5. The van der Waals surface area contributed by atoms with E-state index in [4.69, 9.17) is 0 Å². The first-order chi connectivity index (χ1) is 10.6. The van der Waals surface area contributed by atoms with Gasteiger partial charge in [0.2, 0.25) is 11.8 Å². The molecule has 0 bridgehead atoms. The molecule has 0 aliphatic carbocycles. The molecule has 120 valence electrons. The molecule has 1 aromatic heterocycles. The summed E-state index contributed by atoms with van der Waals surface area (Å²) in [5, 5.41) is 5.71. The van der Waals surface area contributed by atoms with Gasteiger partial charge in [-0.1, -0.05) is 0 Å². The predicted molar refractivity (Wildman–Crippen MR) is 81.0 cm³/mol. The second kappa shape index (κ2) is 6.48. The fourth-order valence-electron chi connectivity index (χ4n) is 3.17. The fraction of sp³-hybridized carbons (Fsp3) is 0.667. The van der Waals surface area contributed by atoms with Crippen molar-refractivity contribution in [1.29, 1.82) is 0 Å². The predicted octanol–water partition coefficient (Wildman–Crippen LogP) is -0.437. The van der Waals surface area contributed by atoms with E-state index in [1.165, 1.54) is 5.69 Å². The molecular formula is C15H23N5O2. The van der Waals surface area contributed by atoms with Crippen LogP contribution in [0.5, 0.6) is 0 Å². The molecule has 7 heteroatoms. The number of imidazole rings is 1. The molecule has 3 heterocycles. The van der Waals surface area contributed by atoms with E-state index in [0.717, 1.165) is 37.9 Å². The van der Waals surface area contributed by atoms with Crippen molar-refractivity contribution in [2.75, 3.05) is 19.6 Å². The lowest BCUT2D eigenvalue weighted by Gasteiger charge is -2.26. The molecule has 2 N–H and O–H groups in total. The Bertz CT molecular complexity index is 568. The van der Waals surface area contributed by atoms with E-state index in [1.807, 2.05) is 17.9 Å². The van der Waals surface area contributed by atoms with Crippen LogP contribution in [0.1, 0.15) is 30.7 Å². The van der Waals surface area contributed by atoms with Gasteiger partial charge in [-0.25, -0.2) is 4.98 Å². The number of carbonyl (C=O) groups excluding carboxylic acids is 2. The van der Waals surface area contributed by atoms with Crippen molar-refractivity contribution in [2.45, 2.75) is 38.3 Å². The number of hydrogen-bond acceptors (Lipinski definition) is 4. The molecule has 0 unspecified atom stereocenters. The molecule has 1 saturated heterocycles. The molecule has 7 nitrogen and oxygen atoms in total. The van der Waals surface area contributed by atoms with Gasteiger partial charge < -0.3 is 15.2 Å². The zero-order valence-corrected chi connectivity index (χ0v) is 13.0. The lowest BCUT2D eigenvalue weighted by molar-refractivity contribution is -0.129. The average Bonchev–Trinajstić information content (AvgIpc) is 2.74. The summed E-state index contributed by atoms with van der Waals surface area (Å²) in [6.07, 6.45) is 5.40. The number of amides is 2. The highest BCUT2D eigenvalue weighted by molar-refractivity contribution is 5.88. The van der Waals surface area contributed by atoms with Crippen LogP contribution in [0.2, 0.25) is 0 Å². The van der Waals surface area contributed by atoms with Gasteiger partial charge in [0.1, 0.15) is 6.04 Å². The Labute approximate surface area is 130 Å². The van der Waals surface area contributed by atoms with Crippen LogP contribution < -0.4 is 10.6 Å². The summed E-state index contributed by atoms with van der Waals surface area (Å²) >= 11 is 0. The largest absolute Gasteiger partial charge is 0.354 e. The van der Waals surface area contributed by atoms with Gasteiger partial charge in [0.15, 0.2) is 0 Å². The number of carbonyl (C=O) groups is 2. The van der Waals surface area contributed by atoms with Crippen LogP contribution in [0.4, 0.5) is 0 Å². The minimum Gasteiger partial charge on any atom is -0.354 e. The third kappa shape index (κ3) is 3.30. The molecular weight excluding hydrogens is 282 g/mol. The van der Waals surface area contributed by atoms with E-state index in [9.17, 15) is 9.59 Å². The van der Waals surface area contributed by atoms with Crippen molar-refractivity contribution < 1.29 is 9.59 Å². The normalized spacial score (nSPS) is 22.6. The van der Waals surface area contributed by atoms with Crippen LogP contribution in [0.3, 0.4) is 0 Å². The average molecular weight is 305 g/mol. The van der Waals surface area contributed by atoms with Gasteiger partial charge in [-0.2, -0.15) is 0 Å². The van der Waals surface area contributed by atoms with Crippen LogP contribution in [0.25, 0.3) is 0 Å². The second-order valence-electron chi connectivity index (χ2n) is 6.12. The van der Waals surface area contributed by atoms with E-state index >= 15 is 0 Å². The van der Waals surface area contributed by atoms with Gasteiger partial charge in [-0.15, -0.1) is 0 Å². The number of hydrogen-bond donors (Lipinski definition) is 2. The number of aryl methyl sites for hydroxylation is 1. The van der Waals surface area contributed by atoms with E-state index in [2.05, 4.69) is 20.5 Å². The Morgan fingerprint density at radius 1 is 1.50 bits per heavy atom. The smallest absolute Gasteiger partial charge is 0.242 e. The van der Waals surface area contributed by atoms with Crippen LogP contribution >= 0.6 is 0 Å². The van der Waals surface area contributed by atoms with Gasteiger partial charge >= 0.3 is 0 Å². The van der Waals surface area contributed by atoms with Crippen LogP contribution in [-0.2, 0) is 29.6 Å². The highest BCUT2D eigenvalue weighted by Gasteiger charge is 2.25. The zero-order chi connectivity index (χ0) is 15.5. The molecule has 0 radical (unpaired) electrons. The summed E-state index contributed by atoms with van der Waals surface area (Å²) in [6.45, 7) is 2.57. The Hall–Kier alpha value is -1.89. The van der Waals surface area contributed by atoms with Crippen molar-refractivity contribution >= 4 is 11.8 Å². The first kappa shape index (κ1) is 15.0. The van der Waals surface area contributed by atoms with E-state index in [0.29, 0.717) is 19.6 Å². The van der Waals surface area contributed by atoms with Crippen molar-refractivity contribution in [3.8, 4) is 0 Å². The number of nitrogens with zero attached hydrogens (tertiary/aromatic N) is 3. The molecule has 0 spiro atoms. The maximum Gasteiger partial charge on any atom is 0.242 e. The fourth-order valence-corrected chi connectivity index (χ4v) is 3.17. The molecule has 2 aliphatic rings. The Morgan fingerprint density at radius 3 is 3.23 bits per heavy atom. The minimum atomic E-state index is -0.384. The van der Waals surface area contributed by atoms with Gasteiger partial charge in [-0.05, 0) is 19.3 Å². The summed E-state index contributed by atoms with van der Waals surface area (Å²) in [6, 6.07) is -0.384. The van der Waals surface area contributed by atoms with Crippen molar-refractivity contribution in [2.24, 2.45) is 7.05 Å². The van der Waals surface area contributed by atoms with Crippen molar-refractivity contribution in [3.05, 3.63) is 17.7 Å². The second-order valence-corrected chi connectivity index (χ2v) is 6.12. The third-order valence-electron chi connectivity index (χ3n) is 4.42. The molecule has 3 rings (SSSR count). The molecule has 2 amide bonds. The minimum absolute atomic E-state index is 0.0588. The van der Waals surface area contributed by atoms with E-state index in [-0.39, 0.29) is 17.9 Å². The lowest BCUT2D eigenvalue weighted by atomic mass is 10.1. The topological polar surface area (TPSA) is 79.3 Å². The van der Waals surface area contributed by atoms with Gasteiger partial charge in [0.25, 0.3) is 0 Å². The molecule has 0 saturated carbocycles. The SMILES string of the molecule is Cn1cnc2c1CCN(CC(=O)N[C@@H]1CCCCNC1=O)C2. The molecule has 2 aliphatic heterocycles. The third-order valence-corrected chi connectivity index (χ3v) is 4.42. The molecule has 1 aromatic rings. The Morgan fingerprint density at radius 2 is 2.36 bits per heavy atom. The lowest BCUT2D eigenvalue weighted by Crippen LogP contribution is -2.49. The van der Waals surface area contributed by atoms with Gasteiger partial charge in [-0.3, -0.25) is 14.5 Å². The van der Waals surface area contributed by atoms with Crippen LogP contribution in [0.15, 0.2) is 6.33 Å². The number of rotatable bonds is 3. The number of aromatic nitrogens is 2. The monoisotopic (exact) mass is 305 g/mol. The van der Waals surface area contributed by atoms with Gasteiger partial charge in [0.05, 0.1) is 18.6 Å². The van der Waals surface area contributed by atoms with E-state index < -0.39 is 0 Å². The van der Waals surface area contributed by atoms with Crippen LogP contribution in [-0.4, -0.2) is 51.9 Å². The molecule has 0 aromatic carbocycles. The molecule has 1 fully saturated rings. The standard InChI is InChI=1S/C15H23N5O2/c1-19-10-17-12-8-20(7-5-13(12)19)9-14(21)18-11-4-2-3-6-16-15(11)22/h10-11H,2-9H2,1H3,(H,16,22)(H,18,21)/t11-/m1/s1. The number of fused-ring (bicyclic) bond motifs is 1. The highest BCUT2D eigenvalue weighted by atomic mass is 16.2. The first-order valence-electron chi connectivity index (χ1n) is 7.92. The maximum atomic E-state index is 12.2. The summed E-state index contributed by atoms with van der Waals surface area (Å²) < 4.78 is 2.04. The van der Waals surface area contributed by atoms with Crippen molar-refractivity contribution in [3.63, 3.8) is 0 Å². The Kier molecular flexibility index (Phi) is 4.42.